The van der Waals surface area contributed by atoms with Crippen molar-refractivity contribution in [3.8, 4) is 0 Å². The minimum absolute atomic E-state index is 0.00116. The number of thioether (sulfide) groups is 1. The molecule has 0 aromatic carbocycles. The SMILES string of the molecule is CSC(=N)c1c(N)nc(N/C(C=N)=C/NCC(F)F)nc1N. The van der Waals surface area contributed by atoms with Crippen molar-refractivity contribution >= 4 is 40.6 Å². The maximum Gasteiger partial charge on any atom is 0.255 e. The average molecular weight is 330 g/mol. The highest BCUT2D eigenvalue weighted by atomic mass is 32.2. The van der Waals surface area contributed by atoms with Crippen LogP contribution in [0, 0.1) is 10.8 Å². The van der Waals surface area contributed by atoms with Crippen molar-refractivity contribution < 1.29 is 8.78 Å². The van der Waals surface area contributed by atoms with Gasteiger partial charge in [0.05, 0.1) is 17.8 Å². The first-order chi connectivity index (χ1) is 10.4. The Morgan fingerprint density at radius 3 is 2.41 bits per heavy atom. The Morgan fingerprint density at radius 2 is 1.95 bits per heavy atom. The van der Waals surface area contributed by atoms with Crippen LogP contribution >= 0.6 is 11.8 Å². The van der Waals surface area contributed by atoms with E-state index in [2.05, 4.69) is 20.6 Å². The van der Waals surface area contributed by atoms with Crippen LogP contribution in [0.25, 0.3) is 0 Å². The molecular weight excluding hydrogens is 314 g/mol. The van der Waals surface area contributed by atoms with Crippen LogP contribution in [0.15, 0.2) is 11.9 Å². The monoisotopic (exact) mass is 330 g/mol. The van der Waals surface area contributed by atoms with E-state index in [-0.39, 0.29) is 33.9 Å². The maximum absolute atomic E-state index is 12.0. The lowest BCUT2D eigenvalue weighted by molar-refractivity contribution is 0.150. The third-order valence-corrected chi connectivity index (χ3v) is 2.95. The number of nitrogens with one attached hydrogen (secondary N) is 4. The van der Waals surface area contributed by atoms with Gasteiger partial charge in [-0.05, 0) is 6.26 Å². The first-order valence-corrected chi connectivity index (χ1v) is 7.16. The number of allylic oxidation sites excluding steroid dienone is 1. The maximum atomic E-state index is 12.0. The van der Waals surface area contributed by atoms with Crippen molar-refractivity contribution in [3.05, 3.63) is 17.5 Å². The molecule has 0 aliphatic carbocycles. The molecule has 0 fully saturated rings. The van der Waals surface area contributed by atoms with Crippen LogP contribution < -0.4 is 22.1 Å². The Kier molecular flexibility index (Phi) is 6.50. The van der Waals surface area contributed by atoms with E-state index in [1.54, 1.807) is 6.26 Å². The molecule has 0 saturated heterocycles. The summed E-state index contributed by atoms with van der Waals surface area (Å²) in [5.74, 6) is 0.0275. The first kappa shape index (κ1) is 17.6. The number of anilines is 3. The zero-order valence-corrected chi connectivity index (χ0v) is 12.5. The summed E-state index contributed by atoms with van der Waals surface area (Å²) in [6.07, 6.45) is 1.26. The third-order valence-electron chi connectivity index (χ3n) is 2.34. The second-order valence-electron chi connectivity index (χ2n) is 3.89. The summed E-state index contributed by atoms with van der Waals surface area (Å²) in [6, 6.07) is 0. The van der Waals surface area contributed by atoms with Crippen LogP contribution in [0.2, 0.25) is 0 Å². The fourth-order valence-corrected chi connectivity index (χ4v) is 1.80. The fourth-order valence-electron chi connectivity index (χ4n) is 1.39. The Morgan fingerprint density at radius 1 is 1.36 bits per heavy atom. The molecule has 1 aromatic rings. The Hall–Kier alpha value is -2.43. The Bertz CT molecular complexity index is 566. The highest BCUT2D eigenvalue weighted by molar-refractivity contribution is 8.13. The van der Waals surface area contributed by atoms with Gasteiger partial charge in [0.2, 0.25) is 5.95 Å². The summed E-state index contributed by atoms with van der Waals surface area (Å²) >= 11 is 1.14. The molecule has 0 saturated carbocycles. The molecular formula is C11H16F2N8S. The number of nitrogens with two attached hydrogens (primary N) is 2. The molecule has 8 nitrogen and oxygen atoms in total. The number of nitrogen functional groups attached to an aromatic ring is 2. The number of hydrogen-bond acceptors (Lipinski definition) is 9. The van der Waals surface area contributed by atoms with E-state index in [4.69, 9.17) is 22.3 Å². The van der Waals surface area contributed by atoms with Gasteiger partial charge in [0.1, 0.15) is 16.7 Å². The zero-order valence-electron chi connectivity index (χ0n) is 11.7. The highest BCUT2D eigenvalue weighted by Crippen LogP contribution is 2.22. The summed E-state index contributed by atoms with van der Waals surface area (Å²) in [7, 11) is 0. The molecule has 1 heterocycles. The molecule has 120 valence electrons. The molecule has 0 spiro atoms. The van der Waals surface area contributed by atoms with Crippen LogP contribution in [0.5, 0.6) is 0 Å². The summed E-state index contributed by atoms with van der Waals surface area (Å²) in [5.41, 5.74) is 11.9. The van der Waals surface area contributed by atoms with Gasteiger partial charge in [-0.25, -0.2) is 8.78 Å². The van der Waals surface area contributed by atoms with E-state index in [0.717, 1.165) is 18.0 Å². The lowest BCUT2D eigenvalue weighted by Crippen LogP contribution is -2.18. The van der Waals surface area contributed by atoms with E-state index >= 15 is 0 Å². The van der Waals surface area contributed by atoms with E-state index in [1.165, 1.54) is 6.20 Å². The molecule has 1 aromatic heterocycles. The molecule has 0 atom stereocenters. The van der Waals surface area contributed by atoms with E-state index in [9.17, 15) is 8.78 Å². The summed E-state index contributed by atoms with van der Waals surface area (Å²) in [4.78, 5) is 7.87. The first-order valence-electron chi connectivity index (χ1n) is 5.94. The van der Waals surface area contributed by atoms with Gasteiger partial charge >= 0.3 is 0 Å². The highest BCUT2D eigenvalue weighted by Gasteiger charge is 2.14. The van der Waals surface area contributed by atoms with Crippen molar-refractivity contribution in [1.29, 1.82) is 10.8 Å². The molecule has 8 N–H and O–H groups in total. The van der Waals surface area contributed by atoms with Crippen molar-refractivity contribution in [1.82, 2.24) is 15.3 Å². The quantitative estimate of drug-likeness (QED) is 0.323. The smallest absolute Gasteiger partial charge is 0.255 e. The van der Waals surface area contributed by atoms with Crippen molar-refractivity contribution in [2.75, 3.05) is 29.6 Å². The molecule has 11 heteroatoms. The van der Waals surface area contributed by atoms with Crippen molar-refractivity contribution in [2.24, 2.45) is 0 Å². The fraction of sp³-hybridized carbons (Fsp3) is 0.273. The van der Waals surface area contributed by atoms with E-state index in [1.807, 2.05) is 0 Å². The summed E-state index contributed by atoms with van der Waals surface area (Å²) < 4.78 is 24.1. The Labute approximate surface area is 129 Å². The standard InChI is InChI=1S/C11H16F2N8S/c1-22-10(17)7-8(15)20-11(21-9(7)16)19-5(2-14)3-18-4-6(12)13/h2-3,6,14,17-18H,4H2,1H3,(H5,15,16,19,20,21)/b5-3+,14-2?,17-10?. The molecule has 0 amide bonds. The Balaban J connectivity index is 2.93. The molecule has 0 aliphatic rings. The number of nitrogens with zero attached hydrogens (tertiary/aromatic N) is 2. The molecule has 22 heavy (non-hydrogen) atoms. The van der Waals surface area contributed by atoms with E-state index < -0.39 is 13.0 Å². The molecule has 0 unspecified atom stereocenters. The number of rotatable bonds is 7. The van der Waals surface area contributed by atoms with Gasteiger partial charge in [-0.2, -0.15) is 9.97 Å². The van der Waals surface area contributed by atoms with E-state index in [0.29, 0.717) is 0 Å². The second-order valence-corrected chi connectivity index (χ2v) is 4.71. The normalized spacial score (nSPS) is 11.4. The molecule has 0 aliphatic heterocycles. The van der Waals surface area contributed by atoms with Crippen LogP contribution in [-0.2, 0) is 0 Å². The minimum atomic E-state index is -2.51. The molecule has 0 radical (unpaired) electrons. The predicted molar refractivity (Wildman–Crippen MR) is 85.7 cm³/mol. The van der Waals surface area contributed by atoms with Gasteiger partial charge in [0.25, 0.3) is 6.43 Å². The van der Waals surface area contributed by atoms with Crippen molar-refractivity contribution in [3.63, 3.8) is 0 Å². The molecule has 0 bridgehead atoms. The van der Waals surface area contributed by atoms with Crippen LogP contribution in [0.4, 0.5) is 26.4 Å². The van der Waals surface area contributed by atoms with Crippen LogP contribution in [-0.4, -0.2) is 40.5 Å². The van der Waals surface area contributed by atoms with Crippen LogP contribution in [0.1, 0.15) is 5.56 Å². The van der Waals surface area contributed by atoms with Gasteiger partial charge < -0.3 is 27.5 Å². The number of halogens is 2. The number of aromatic nitrogens is 2. The topological polar surface area (TPSA) is 150 Å². The largest absolute Gasteiger partial charge is 0.383 e. The zero-order chi connectivity index (χ0) is 16.7. The number of hydrogen-bond donors (Lipinski definition) is 6. The van der Waals surface area contributed by atoms with Crippen molar-refractivity contribution in [2.45, 2.75) is 6.43 Å². The molecule has 1 rings (SSSR count). The minimum Gasteiger partial charge on any atom is -0.383 e. The predicted octanol–water partition coefficient (Wildman–Crippen LogP) is 1.09. The van der Waals surface area contributed by atoms with Gasteiger partial charge in [-0.15, -0.1) is 11.8 Å². The summed E-state index contributed by atoms with van der Waals surface area (Å²) in [6.45, 7) is -0.548. The number of alkyl halides is 2. The van der Waals surface area contributed by atoms with Gasteiger partial charge in [-0.1, -0.05) is 0 Å². The lowest BCUT2D eigenvalue weighted by atomic mass is 10.3. The third kappa shape index (κ3) is 4.84. The summed E-state index contributed by atoms with van der Waals surface area (Å²) in [5, 5.41) is 20.0. The van der Waals surface area contributed by atoms with Crippen LogP contribution in [0.3, 0.4) is 0 Å². The lowest BCUT2D eigenvalue weighted by Gasteiger charge is -2.11. The second kappa shape index (κ2) is 8.12. The van der Waals surface area contributed by atoms with Gasteiger partial charge in [0.15, 0.2) is 0 Å². The van der Waals surface area contributed by atoms with Gasteiger partial charge in [0, 0.05) is 12.4 Å². The average Bonchev–Trinajstić information content (AvgIpc) is 2.44. The van der Waals surface area contributed by atoms with Gasteiger partial charge in [-0.3, -0.25) is 5.41 Å².